The molecule has 0 aromatic rings. The van der Waals surface area contributed by atoms with Crippen LogP contribution in [0.15, 0.2) is 51.7 Å². The van der Waals surface area contributed by atoms with Gasteiger partial charge in [0, 0.05) is 19.5 Å². The van der Waals surface area contributed by atoms with Crippen LogP contribution in [0.5, 0.6) is 0 Å². The van der Waals surface area contributed by atoms with Crippen molar-refractivity contribution in [3.05, 3.63) is 46.7 Å². The lowest BCUT2D eigenvalue weighted by atomic mass is 9.79. The Morgan fingerprint density at radius 2 is 2.25 bits per heavy atom. The fraction of sp³-hybridized carbons (Fsp3) is 0.471. The number of rotatable bonds is 8. The highest BCUT2D eigenvalue weighted by molar-refractivity contribution is 5.89. The minimum Gasteiger partial charge on any atom is -0.392 e. The fourth-order valence-electron chi connectivity index (χ4n) is 2.44. The molecule has 1 aliphatic carbocycles. The summed E-state index contributed by atoms with van der Waals surface area (Å²) in [4.78, 5) is 4.24. The molecule has 0 radical (unpaired) electrons. The maximum Gasteiger partial charge on any atom is 0.0647 e. The molecule has 0 fully saturated rings. The van der Waals surface area contributed by atoms with Crippen LogP contribution < -0.4 is 0 Å². The average molecular weight is 275 g/mol. The van der Waals surface area contributed by atoms with E-state index in [4.69, 9.17) is 4.74 Å². The van der Waals surface area contributed by atoms with Crippen molar-refractivity contribution in [2.75, 3.05) is 20.3 Å². The molecule has 20 heavy (non-hydrogen) atoms. The Morgan fingerprint density at radius 3 is 2.80 bits per heavy atom. The van der Waals surface area contributed by atoms with Crippen molar-refractivity contribution >= 4 is 6.21 Å². The summed E-state index contributed by atoms with van der Waals surface area (Å²) in [7, 11) is 1.66. The molecular weight excluding hydrogens is 250 g/mol. The van der Waals surface area contributed by atoms with Gasteiger partial charge in [-0.1, -0.05) is 19.1 Å². The second-order valence-electron chi connectivity index (χ2n) is 5.04. The zero-order valence-corrected chi connectivity index (χ0v) is 12.9. The van der Waals surface area contributed by atoms with E-state index in [0.717, 1.165) is 12.0 Å². The summed E-state index contributed by atoms with van der Waals surface area (Å²) in [5, 5.41) is 9.39. The summed E-state index contributed by atoms with van der Waals surface area (Å²) in [5.74, 6) is 0.377. The van der Waals surface area contributed by atoms with Crippen LogP contribution >= 0.6 is 0 Å². The van der Waals surface area contributed by atoms with E-state index in [0.29, 0.717) is 12.5 Å². The van der Waals surface area contributed by atoms with Gasteiger partial charge in [-0.2, -0.15) is 0 Å². The molecule has 0 spiro atoms. The summed E-state index contributed by atoms with van der Waals surface area (Å²) in [5.41, 5.74) is 4.87. The molecule has 0 aliphatic heterocycles. The topological polar surface area (TPSA) is 41.8 Å². The highest BCUT2D eigenvalue weighted by Gasteiger charge is 2.21. The van der Waals surface area contributed by atoms with Gasteiger partial charge in [-0.3, -0.25) is 4.99 Å². The van der Waals surface area contributed by atoms with Gasteiger partial charge in [-0.05, 0) is 54.6 Å². The Balaban J connectivity index is 2.74. The van der Waals surface area contributed by atoms with E-state index in [1.54, 1.807) is 13.3 Å². The Kier molecular flexibility index (Phi) is 7.20. The van der Waals surface area contributed by atoms with E-state index in [2.05, 4.69) is 24.9 Å². The van der Waals surface area contributed by atoms with Crippen molar-refractivity contribution in [2.45, 2.75) is 27.2 Å². The SMILES string of the molecule is C/C=C\N=C\C1=C(C(C)C/C(=C/COC)CO)C(C)=C1. The van der Waals surface area contributed by atoms with Gasteiger partial charge in [0.1, 0.15) is 0 Å². The second-order valence-corrected chi connectivity index (χ2v) is 5.04. The lowest BCUT2D eigenvalue weighted by molar-refractivity contribution is 0.231. The monoisotopic (exact) mass is 275 g/mol. The zero-order valence-electron chi connectivity index (χ0n) is 12.9. The Hall–Kier alpha value is -1.45. The minimum atomic E-state index is 0.0890. The summed E-state index contributed by atoms with van der Waals surface area (Å²) < 4.78 is 5.02. The van der Waals surface area contributed by atoms with Gasteiger partial charge >= 0.3 is 0 Å². The molecule has 1 unspecified atom stereocenters. The highest BCUT2D eigenvalue weighted by Crippen LogP contribution is 2.35. The first-order valence-electron chi connectivity index (χ1n) is 6.98. The van der Waals surface area contributed by atoms with E-state index in [1.807, 2.05) is 25.3 Å². The van der Waals surface area contributed by atoms with Crippen LogP contribution in [0.4, 0.5) is 0 Å². The number of ether oxygens (including phenoxy) is 1. The highest BCUT2D eigenvalue weighted by atomic mass is 16.5. The van der Waals surface area contributed by atoms with Crippen molar-refractivity contribution in [3.63, 3.8) is 0 Å². The molecule has 0 saturated heterocycles. The first-order chi connectivity index (χ1) is 9.63. The number of aliphatic imine (C=N–C) groups is 1. The lowest BCUT2D eigenvalue weighted by Gasteiger charge is -2.26. The number of hydrogen-bond acceptors (Lipinski definition) is 3. The van der Waals surface area contributed by atoms with Gasteiger partial charge in [-0.25, -0.2) is 0 Å². The number of aliphatic hydroxyl groups is 1. The van der Waals surface area contributed by atoms with Crippen LogP contribution in [-0.2, 0) is 4.74 Å². The van der Waals surface area contributed by atoms with Crippen molar-refractivity contribution in [3.8, 4) is 0 Å². The molecule has 1 N–H and O–H groups in total. The van der Waals surface area contributed by atoms with Crippen molar-refractivity contribution in [1.82, 2.24) is 0 Å². The third kappa shape index (κ3) is 4.58. The molecule has 3 nitrogen and oxygen atoms in total. The summed E-state index contributed by atoms with van der Waals surface area (Å²) in [6.07, 6.45) is 10.6. The third-order valence-corrected chi connectivity index (χ3v) is 3.36. The van der Waals surface area contributed by atoms with Gasteiger partial charge in [0.25, 0.3) is 0 Å². The molecule has 0 saturated carbocycles. The number of hydrogen-bond donors (Lipinski definition) is 1. The molecule has 1 atom stereocenters. The van der Waals surface area contributed by atoms with E-state index >= 15 is 0 Å². The second kappa shape index (κ2) is 8.67. The third-order valence-electron chi connectivity index (χ3n) is 3.36. The van der Waals surface area contributed by atoms with Crippen LogP contribution in [0.2, 0.25) is 0 Å². The van der Waals surface area contributed by atoms with Crippen molar-refractivity contribution < 1.29 is 9.84 Å². The lowest BCUT2D eigenvalue weighted by Crippen LogP contribution is -2.13. The minimum absolute atomic E-state index is 0.0890. The molecule has 1 rings (SSSR count). The number of allylic oxidation sites excluding steroid dienone is 5. The maximum atomic E-state index is 9.39. The molecule has 0 amide bonds. The fourth-order valence-corrected chi connectivity index (χ4v) is 2.44. The maximum absolute atomic E-state index is 9.39. The Bertz CT molecular complexity index is 467. The number of nitrogens with zero attached hydrogens (tertiary/aromatic N) is 1. The van der Waals surface area contributed by atoms with Crippen LogP contribution in [0.25, 0.3) is 0 Å². The molecule has 0 heterocycles. The van der Waals surface area contributed by atoms with E-state index in [1.165, 1.54) is 16.7 Å². The summed E-state index contributed by atoms with van der Waals surface area (Å²) >= 11 is 0. The molecular formula is C17H25NO2. The molecule has 0 aromatic carbocycles. The summed E-state index contributed by atoms with van der Waals surface area (Å²) in [6.45, 7) is 6.89. The predicted octanol–water partition coefficient (Wildman–Crippen LogP) is 3.44. The smallest absolute Gasteiger partial charge is 0.0647 e. The Labute approximate surface area is 122 Å². The summed E-state index contributed by atoms with van der Waals surface area (Å²) in [6, 6.07) is 0. The van der Waals surface area contributed by atoms with E-state index in [-0.39, 0.29) is 6.61 Å². The molecule has 3 heteroatoms. The Morgan fingerprint density at radius 1 is 1.50 bits per heavy atom. The van der Waals surface area contributed by atoms with Crippen LogP contribution in [0.3, 0.4) is 0 Å². The zero-order chi connectivity index (χ0) is 15.0. The predicted molar refractivity (Wildman–Crippen MR) is 84.9 cm³/mol. The van der Waals surface area contributed by atoms with Gasteiger partial charge in [0.15, 0.2) is 0 Å². The average Bonchev–Trinajstić information content (AvgIpc) is 2.42. The normalized spacial score (nSPS) is 17.9. The van der Waals surface area contributed by atoms with Gasteiger partial charge < -0.3 is 9.84 Å². The van der Waals surface area contributed by atoms with Gasteiger partial charge in [-0.15, -0.1) is 0 Å². The molecule has 110 valence electrons. The molecule has 0 aromatic heterocycles. The number of aliphatic hydroxyl groups excluding tert-OH is 1. The van der Waals surface area contributed by atoms with Gasteiger partial charge in [0.2, 0.25) is 0 Å². The molecule has 0 bridgehead atoms. The largest absolute Gasteiger partial charge is 0.392 e. The van der Waals surface area contributed by atoms with E-state index < -0.39 is 0 Å². The standard InChI is InChI=1S/C17H25NO2/c1-5-7-18-11-16-10-14(3)17(16)13(2)9-15(12-19)6-8-20-4/h5-7,10-11,13,19H,8-9,12H2,1-4H3/b7-5-,15-6-,18-11+. The van der Waals surface area contributed by atoms with E-state index in [9.17, 15) is 5.11 Å². The van der Waals surface area contributed by atoms with Gasteiger partial charge in [0.05, 0.1) is 13.2 Å². The van der Waals surface area contributed by atoms with Crippen LogP contribution in [0, 0.1) is 5.92 Å². The van der Waals surface area contributed by atoms with Crippen LogP contribution in [-0.4, -0.2) is 31.6 Å². The van der Waals surface area contributed by atoms with Crippen LogP contribution in [0.1, 0.15) is 27.2 Å². The molecule has 1 aliphatic rings. The van der Waals surface area contributed by atoms with Crippen molar-refractivity contribution in [1.29, 1.82) is 0 Å². The number of methoxy groups -OCH3 is 1. The first kappa shape index (κ1) is 16.6. The quantitative estimate of drug-likeness (QED) is 0.544. The first-order valence-corrected chi connectivity index (χ1v) is 6.98. The van der Waals surface area contributed by atoms with Crippen molar-refractivity contribution in [2.24, 2.45) is 10.9 Å².